The van der Waals surface area contributed by atoms with Crippen LogP contribution in [0, 0.1) is 17.5 Å². The van der Waals surface area contributed by atoms with Gasteiger partial charge in [-0.1, -0.05) is 0 Å². The van der Waals surface area contributed by atoms with E-state index < -0.39 is 17.5 Å². The minimum atomic E-state index is -0.999. The number of halogens is 3. The highest BCUT2D eigenvalue weighted by Gasteiger charge is 2.27. The molecule has 1 aromatic heterocycles. The maximum Gasteiger partial charge on any atom is 0.153 e. The maximum atomic E-state index is 14.0. The van der Waals surface area contributed by atoms with Crippen LogP contribution in [0.2, 0.25) is 0 Å². The van der Waals surface area contributed by atoms with Crippen LogP contribution in [0.3, 0.4) is 0 Å². The number of fused-ring (bicyclic) bond motifs is 1. The molecule has 1 aromatic carbocycles. The topological polar surface area (TPSA) is 49.8 Å². The van der Waals surface area contributed by atoms with Crippen molar-refractivity contribution in [2.24, 2.45) is 0 Å². The SMILES string of the molecule is CC1Nc2ncnc(-c3c(F)cc(F)cc3F)c2NC1C. The van der Waals surface area contributed by atoms with Crippen LogP contribution in [-0.2, 0) is 0 Å². The summed E-state index contributed by atoms with van der Waals surface area (Å²) in [5.74, 6) is -2.50. The first-order valence-electron chi connectivity index (χ1n) is 6.50. The van der Waals surface area contributed by atoms with E-state index in [-0.39, 0.29) is 23.3 Å². The maximum absolute atomic E-state index is 14.0. The zero-order valence-electron chi connectivity index (χ0n) is 11.4. The lowest BCUT2D eigenvalue weighted by Crippen LogP contribution is -2.39. The summed E-state index contributed by atoms with van der Waals surface area (Å²) < 4.78 is 40.9. The summed E-state index contributed by atoms with van der Waals surface area (Å²) in [6.07, 6.45) is 1.22. The first-order valence-corrected chi connectivity index (χ1v) is 6.50. The van der Waals surface area contributed by atoms with Crippen LogP contribution in [0.5, 0.6) is 0 Å². The van der Waals surface area contributed by atoms with Gasteiger partial charge in [0.2, 0.25) is 0 Å². The smallest absolute Gasteiger partial charge is 0.153 e. The summed E-state index contributed by atoms with van der Waals surface area (Å²) in [6, 6.07) is 1.39. The molecule has 0 amide bonds. The number of anilines is 2. The van der Waals surface area contributed by atoms with Gasteiger partial charge in [-0.15, -0.1) is 0 Å². The molecule has 1 aliphatic rings. The Morgan fingerprint density at radius 3 is 2.24 bits per heavy atom. The van der Waals surface area contributed by atoms with Gasteiger partial charge in [0, 0.05) is 24.2 Å². The van der Waals surface area contributed by atoms with E-state index in [4.69, 9.17) is 0 Å². The Balaban J connectivity index is 2.19. The number of aromatic nitrogens is 2. The van der Waals surface area contributed by atoms with Crippen molar-refractivity contribution in [1.29, 1.82) is 0 Å². The fraction of sp³-hybridized carbons (Fsp3) is 0.286. The largest absolute Gasteiger partial charge is 0.376 e. The molecule has 0 fully saturated rings. The zero-order valence-corrected chi connectivity index (χ0v) is 11.4. The van der Waals surface area contributed by atoms with Crippen molar-refractivity contribution in [3.05, 3.63) is 35.9 Å². The van der Waals surface area contributed by atoms with Crippen LogP contribution < -0.4 is 10.6 Å². The number of benzene rings is 1. The molecule has 0 bridgehead atoms. The summed E-state index contributed by atoms with van der Waals surface area (Å²) in [5.41, 5.74) is 0.111. The Kier molecular flexibility index (Phi) is 3.19. The van der Waals surface area contributed by atoms with Crippen LogP contribution in [0.1, 0.15) is 13.8 Å². The average Bonchev–Trinajstić information content (AvgIpc) is 2.39. The average molecular weight is 294 g/mol. The molecule has 3 rings (SSSR count). The minimum Gasteiger partial charge on any atom is -0.376 e. The summed E-state index contributed by atoms with van der Waals surface area (Å²) in [4.78, 5) is 8.02. The second-order valence-electron chi connectivity index (χ2n) is 5.06. The standard InChI is InChI=1S/C14H13F3N4/c1-6-7(2)21-14-13(20-6)12(18-5-19-14)11-9(16)3-8(15)4-10(11)17/h3-7,20H,1-2H3,(H,18,19,21). The Labute approximate surface area is 119 Å². The van der Waals surface area contributed by atoms with Crippen LogP contribution in [-0.4, -0.2) is 22.1 Å². The van der Waals surface area contributed by atoms with Gasteiger partial charge in [-0.3, -0.25) is 0 Å². The molecule has 110 valence electrons. The molecule has 7 heteroatoms. The quantitative estimate of drug-likeness (QED) is 0.848. The highest BCUT2D eigenvalue weighted by atomic mass is 19.1. The lowest BCUT2D eigenvalue weighted by Gasteiger charge is -2.31. The van der Waals surface area contributed by atoms with Crippen LogP contribution in [0.25, 0.3) is 11.3 Å². The number of nitrogens with zero attached hydrogens (tertiary/aromatic N) is 2. The van der Waals surface area contributed by atoms with E-state index in [0.29, 0.717) is 23.6 Å². The molecule has 21 heavy (non-hydrogen) atoms. The van der Waals surface area contributed by atoms with Crippen molar-refractivity contribution in [2.75, 3.05) is 10.6 Å². The molecular weight excluding hydrogens is 281 g/mol. The second-order valence-corrected chi connectivity index (χ2v) is 5.06. The molecule has 2 unspecified atom stereocenters. The highest BCUT2D eigenvalue weighted by Crippen LogP contribution is 2.37. The summed E-state index contributed by atoms with van der Waals surface area (Å²) in [5, 5.41) is 6.27. The summed E-state index contributed by atoms with van der Waals surface area (Å²) >= 11 is 0. The second kappa shape index (κ2) is 4.91. The lowest BCUT2D eigenvalue weighted by atomic mass is 10.0. The van der Waals surface area contributed by atoms with Crippen LogP contribution in [0.4, 0.5) is 24.7 Å². The van der Waals surface area contributed by atoms with Crippen molar-refractivity contribution >= 4 is 11.5 Å². The van der Waals surface area contributed by atoms with Gasteiger partial charge in [0.05, 0.1) is 5.56 Å². The van der Waals surface area contributed by atoms with Crippen LogP contribution >= 0.6 is 0 Å². The van der Waals surface area contributed by atoms with Crippen molar-refractivity contribution in [2.45, 2.75) is 25.9 Å². The normalized spacial score (nSPS) is 20.4. The van der Waals surface area contributed by atoms with Crippen LogP contribution in [0.15, 0.2) is 18.5 Å². The highest BCUT2D eigenvalue weighted by molar-refractivity contribution is 5.84. The van der Waals surface area contributed by atoms with E-state index in [1.165, 1.54) is 6.33 Å². The van der Waals surface area contributed by atoms with Gasteiger partial charge in [0.25, 0.3) is 0 Å². The Bertz CT molecular complexity index is 682. The monoisotopic (exact) mass is 294 g/mol. The van der Waals surface area contributed by atoms with E-state index in [1.54, 1.807) is 0 Å². The number of nitrogens with one attached hydrogen (secondary N) is 2. The predicted molar refractivity (Wildman–Crippen MR) is 73.5 cm³/mol. The van der Waals surface area contributed by atoms with E-state index in [1.807, 2.05) is 13.8 Å². The minimum absolute atomic E-state index is 0.0221. The van der Waals surface area contributed by atoms with E-state index >= 15 is 0 Å². The Morgan fingerprint density at radius 1 is 0.952 bits per heavy atom. The predicted octanol–water partition coefficient (Wildman–Crippen LogP) is 3.18. The van der Waals surface area contributed by atoms with Gasteiger partial charge < -0.3 is 10.6 Å². The fourth-order valence-electron chi connectivity index (χ4n) is 2.28. The molecule has 2 aromatic rings. The van der Waals surface area contributed by atoms with E-state index in [9.17, 15) is 13.2 Å². The number of hydrogen-bond acceptors (Lipinski definition) is 4. The third-order valence-electron chi connectivity index (χ3n) is 3.58. The molecule has 1 aliphatic heterocycles. The zero-order chi connectivity index (χ0) is 15.1. The lowest BCUT2D eigenvalue weighted by molar-refractivity contribution is 0.547. The fourth-order valence-corrected chi connectivity index (χ4v) is 2.28. The third-order valence-corrected chi connectivity index (χ3v) is 3.58. The van der Waals surface area contributed by atoms with Gasteiger partial charge in [-0.2, -0.15) is 0 Å². The number of hydrogen-bond donors (Lipinski definition) is 2. The molecule has 2 N–H and O–H groups in total. The van der Waals surface area contributed by atoms with Gasteiger partial charge in [-0.05, 0) is 13.8 Å². The summed E-state index contributed by atoms with van der Waals surface area (Å²) in [7, 11) is 0. The third kappa shape index (κ3) is 2.28. The first-order chi connectivity index (χ1) is 9.97. The van der Waals surface area contributed by atoms with Crippen molar-refractivity contribution in [3.63, 3.8) is 0 Å². The van der Waals surface area contributed by atoms with E-state index in [2.05, 4.69) is 20.6 Å². The summed E-state index contributed by atoms with van der Waals surface area (Å²) in [6.45, 7) is 3.89. The van der Waals surface area contributed by atoms with Gasteiger partial charge in [0.15, 0.2) is 5.82 Å². The molecule has 0 radical (unpaired) electrons. The number of rotatable bonds is 1. The van der Waals surface area contributed by atoms with Gasteiger partial charge >= 0.3 is 0 Å². The molecule has 4 nitrogen and oxygen atoms in total. The molecular formula is C14H13F3N4. The molecule has 2 atom stereocenters. The van der Waals surface area contributed by atoms with Crippen molar-refractivity contribution < 1.29 is 13.2 Å². The van der Waals surface area contributed by atoms with E-state index in [0.717, 1.165) is 0 Å². The Morgan fingerprint density at radius 2 is 1.57 bits per heavy atom. The van der Waals surface area contributed by atoms with Gasteiger partial charge in [-0.25, -0.2) is 23.1 Å². The van der Waals surface area contributed by atoms with Gasteiger partial charge in [0.1, 0.15) is 35.2 Å². The molecule has 0 saturated heterocycles. The first kappa shape index (κ1) is 13.7. The molecule has 0 aliphatic carbocycles. The molecule has 0 spiro atoms. The van der Waals surface area contributed by atoms with Crippen molar-refractivity contribution in [3.8, 4) is 11.3 Å². The molecule has 2 heterocycles. The van der Waals surface area contributed by atoms with Crippen molar-refractivity contribution in [1.82, 2.24) is 9.97 Å². The Hall–Kier alpha value is -2.31. The molecule has 0 saturated carbocycles.